The van der Waals surface area contributed by atoms with Crippen LogP contribution in [-0.2, 0) is 24.5 Å². The minimum Gasteiger partial charge on any atom is -0.494 e. The number of rotatable bonds is 7. The van der Waals surface area contributed by atoms with Crippen LogP contribution in [0.3, 0.4) is 0 Å². The van der Waals surface area contributed by atoms with Crippen LogP contribution in [0, 0.1) is 11.6 Å². The smallest absolute Gasteiger partial charge is 0.251 e. The van der Waals surface area contributed by atoms with Crippen molar-refractivity contribution in [3.05, 3.63) is 81.4 Å². The van der Waals surface area contributed by atoms with E-state index >= 15 is 0 Å². The van der Waals surface area contributed by atoms with Gasteiger partial charge in [-0.25, -0.2) is 18.7 Å². The lowest BCUT2D eigenvalue weighted by Gasteiger charge is -2.13. The first-order valence-electron chi connectivity index (χ1n) is 9.67. The topological polar surface area (TPSA) is 81.9 Å². The molecule has 0 aliphatic carbocycles. The molecule has 0 amide bonds. The van der Waals surface area contributed by atoms with Gasteiger partial charge in [0.2, 0.25) is 5.82 Å². The molecule has 4 rings (SSSR count). The summed E-state index contributed by atoms with van der Waals surface area (Å²) in [5.74, 6) is -0.978. The Labute approximate surface area is 182 Å². The van der Waals surface area contributed by atoms with Crippen LogP contribution in [0.2, 0.25) is 5.15 Å². The molecule has 0 fully saturated rings. The van der Waals surface area contributed by atoms with Crippen LogP contribution < -0.4 is 15.5 Å². The molecule has 0 spiro atoms. The van der Waals surface area contributed by atoms with Crippen LogP contribution >= 0.6 is 11.6 Å². The number of ether oxygens (including phenoxy) is 2. The molecule has 0 radical (unpaired) electrons. The van der Waals surface area contributed by atoms with E-state index in [4.69, 9.17) is 26.5 Å². The number of hydrogen-bond donors (Lipinski definition) is 2. The molecule has 0 atom stereocenters. The van der Waals surface area contributed by atoms with Gasteiger partial charge in [0.25, 0.3) is 5.71 Å². The zero-order chi connectivity index (χ0) is 22.0. The highest BCUT2D eigenvalue weighted by Gasteiger charge is 2.24. The van der Waals surface area contributed by atoms with E-state index in [0.717, 1.165) is 5.56 Å². The number of nitrogens with zero attached hydrogens (tertiary/aromatic N) is 2. The Morgan fingerprint density at radius 1 is 1.19 bits per heavy atom. The molecule has 0 saturated carbocycles. The maximum Gasteiger partial charge on any atom is 0.251 e. The van der Waals surface area contributed by atoms with E-state index in [1.807, 2.05) is 0 Å². The number of benzene rings is 2. The SMILES string of the molecule is CCOc1cc(F)c(CNc2ccccc2C(=[NH2+])c2nc(Cl)c3c(n2)COC3)c(F)c1. The van der Waals surface area contributed by atoms with E-state index in [9.17, 15) is 8.78 Å². The van der Waals surface area contributed by atoms with Gasteiger partial charge in [0, 0.05) is 35.5 Å². The molecule has 31 heavy (non-hydrogen) atoms. The summed E-state index contributed by atoms with van der Waals surface area (Å²) in [6, 6.07) is 9.43. The monoisotopic (exact) mass is 445 g/mol. The van der Waals surface area contributed by atoms with Gasteiger partial charge >= 0.3 is 0 Å². The Balaban J connectivity index is 1.59. The summed E-state index contributed by atoms with van der Waals surface area (Å²) in [5.41, 5.74) is 2.79. The second-order valence-electron chi connectivity index (χ2n) is 6.87. The minimum absolute atomic E-state index is 0.0893. The first kappa shape index (κ1) is 21.1. The van der Waals surface area contributed by atoms with Crippen molar-refractivity contribution in [2.75, 3.05) is 11.9 Å². The molecule has 160 valence electrons. The summed E-state index contributed by atoms with van der Waals surface area (Å²) in [6.45, 7) is 2.68. The second kappa shape index (κ2) is 8.95. The highest BCUT2D eigenvalue weighted by Crippen LogP contribution is 2.26. The van der Waals surface area contributed by atoms with Crippen molar-refractivity contribution in [1.82, 2.24) is 9.97 Å². The molecule has 1 aliphatic rings. The maximum absolute atomic E-state index is 14.4. The van der Waals surface area contributed by atoms with Gasteiger partial charge in [-0.1, -0.05) is 23.7 Å². The quantitative estimate of drug-likeness (QED) is 0.431. The highest BCUT2D eigenvalue weighted by atomic mass is 35.5. The van der Waals surface area contributed by atoms with E-state index in [1.165, 1.54) is 12.1 Å². The summed E-state index contributed by atoms with van der Waals surface area (Å²) in [4.78, 5) is 8.75. The standard InChI is InChI=1S/C22H19ClF2N4O2/c1-2-31-12-7-16(24)14(17(25)8-12)9-27-18-6-4-3-5-13(18)20(26)22-28-19-11-30-10-15(19)21(23)29-22/h3-8,26-27H,2,9-11H2,1H3/p+1. The van der Waals surface area contributed by atoms with Crippen molar-refractivity contribution >= 4 is 23.0 Å². The van der Waals surface area contributed by atoms with Crippen molar-refractivity contribution in [1.29, 1.82) is 0 Å². The molecule has 3 aromatic rings. The number of fused-ring (bicyclic) bond motifs is 1. The van der Waals surface area contributed by atoms with Crippen LogP contribution in [-0.4, -0.2) is 22.3 Å². The number of halogens is 3. The molecule has 2 heterocycles. The fourth-order valence-electron chi connectivity index (χ4n) is 3.31. The number of nitrogens with one attached hydrogen (secondary N) is 1. The fourth-order valence-corrected chi connectivity index (χ4v) is 3.55. The lowest BCUT2D eigenvalue weighted by atomic mass is 10.1. The van der Waals surface area contributed by atoms with Crippen molar-refractivity contribution in [3.8, 4) is 5.75 Å². The number of para-hydroxylation sites is 1. The molecule has 1 aliphatic heterocycles. The van der Waals surface area contributed by atoms with Crippen LogP contribution in [0.5, 0.6) is 5.75 Å². The minimum atomic E-state index is -0.695. The number of aromatic nitrogens is 2. The molecule has 1 aromatic heterocycles. The number of hydrogen-bond acceptors (Lipinski definition) is 5. The fraction of sp³-hybridized carbons (Fsp3) is 0.227. The number of nitrogens with two attached hydrogens (primary N) is 1. The Hall–Kier alpha value is -3.10. The lowest BCUT2D eigenvalue weighted by Crippen LogP contribution is -2.42. The van der Waals surface area contributed by atoms with Crippen LogP contribution in [0.15, 0.2) is 36.4 Å². The molecule has 0 unspecified atom stereocenters. The summed E-state index contributed by atoms with van der Waals surface area (Å²) in [6.07, 6.45) is 0. The highest BCUT2D eigenvalue weighted by molar-refractivity contribution is 6.30. The molecular weight excluding hydrogens is 426 g/mol. The average molecular weight is 446 g/mol. The van der Waals surface area contributed by atoms with Gasteiger partial charge in [-0.05, 0) is 19.1 Å². The Morgan fingerprint density at radius 3 is 2.68 bits per heavy atom. The first-order valence-corrected chi connectivity index (χ1v) is 10.1. The predicted molar refractivity (Wildman–Crippen MR) is 112 cm³/mol. The Bertz CT molecular complexity index is 1130. The largest absolute Gasteiger partial charge is 0.494 e. The number of anilines is 1. The average Bonchev–Trinajstić information content (AvgIpc) is 3.22. The van der Waals surface area contributed by atoms with Gasteiger partial charge in [0.15, 0.2) is 0 Å². The maximum atomic E-state index is 14.4. The predicted octanol–water partition coefficient (Wildman–Crippen LogP) is 3.05. The molecule has 2 aromatic carbocycles. The van der Waals surface area contributed by atoms with Gasteiger partial charge in [-0.3, -0.25) is 5.41 Å². The van der Waals surface area contributed by atoms with Crippen LogP contribution in [0.4, 0.5) is 14.5 Å². The Kier molecular flexibility index (Phi) is 6.11. The summed E-state index contributed by atoms with van der Waals surface area (Å²) in [5, 5.41) is 9.69. The van der Waals surface area contributed by atoms with Crippen molar-refractivity contribution in [2.45, 2.75) is 26.7 Å². The third-order valence-corrected chi connectivity index (χ3v) is 5.18. The molecule has 6 nitrogen and oxygen atoms in total. The summed E-state index contributed by atoms with van der Waals surface area (Å²) >= 11 is 6.25. The zero-order valence-electron chi connectivity index (χ0n) is 16.7. The molecule has 0 saturated heterocycles. The van der Waals surface area contributed by atoms with E-state index in [1.54, 1.807) is 31.2 Å². The van der Waals surface area contributed by atoms with Gasteiger partial charge in [-0.15, -0.1) is 0 Å². The lowest BCUT2D eigenvalue weighted by molar-refractivity contribution is -0.112. The van der Waals surface area contributed by atoms with E-state index in [2.05, 4.69) is 15.3 Å². The molecule has 9 heteroatoms. The van der Waals surface area contributed by atoms with Gasteiger partial charge in [0.05, 0.1) is 31.1 Å². The van der Waals surface area contributed by atoms with Gasteiger partial charge in [-0.2, -0.15) is 0 Å². The van der Waals surface area contributed by atoms with Gasteiger partial charge in [0.1, 0.15) is 22.5 Å². The third-order valence-electron chi connectivity index (χ3n) is 4.87. The van der Waals surface area contributed by atoms with E-state index < -0.39 is 11.6 Å². The van der Waals surface area contributed by atoms with Gasteiger partial charge < -0.3 is 14.8 Å². The third kappa shape index (κ3) is 4.35. The molecule has 0 bridgehead atoms. The first-order chi connectivity index (χ1) is 15.0. The summed E-state index contributed by atoms with van der Waals surface area (Å²) in [7, 11) is 0. The molecular formula is C22H20ClF2N4O2+. The Morgan fingerprint density at radius 2 is 1.94 bits per heavy atom. The van der Waals surface area contributed by atoms with Crippen molar-refractivity contribution in [3.63, 3.8) is 0 Å². The van der Waals surface area contributed by atoms with Crippen LogP contribution in [0.25, 0.3) is 0 Å². The van der Waals surface area contributed by atoms with Crippen molar-refractivity contribution in [2.24, 2.45) is 0 Å². The van der Waals surface area contributed by atoms with Crippen molar-refractivity contribution < 1.29 is 23.7 Å². The summed E-state index contributed by atoms with van der Waals surface area (Å²) < 4.78 is 39.3. The van der Waals surface area contributed by atoms with E-state index in [0.29, 0.717) is 41.9 Å². The molecule has 3 N–H and O–H groups in total. The normalized spacial score (nSPS) is 12.5. The second-order valence-corrected chi connectivity index (χ2v) is 7.23. The van der Waals surface area contributed by atoms with E-state index in [-0.39, 0.29) is 29.4 Å². The zero-order valence-corrected chi connectivity index (χ0v) is 17.5. The van der Waals surface area contributed by atoms with Crippen LogP contribution in [0.1, 0.15) is 35.1 Å².